The van der Waals surface area contributed by atoms with Gasteiger partial charge < -0.3 is 10.1 Å². The second kappa shape index (κ2) is 7.12. The van der Waals surface area contributed by atoms with Crippen molar-refractivity contribution < 1.29 is 9.53 Å². The fraction of sp³-hybridized carbons (Fsp3) is 0.316. The van der Waals surface area contributed by atoms with Crippen molar-refractivity contribution in [3.05, 3.63) is 60.2 Å². The smallest absolute Gasteiger partial charge is 0.229 e. The maximum absolute atomic E-state index is 12.0. The van der Waals surface area contributed by atoms with E-state index in [4.69, 9.17) is 4.74 Å². The van der Waals surface area contributed by atoms with Gasteiger partial charge >= 0.3 is 0 Å². The Hall–Kier alpha value is -2.29. The molecule has 116 valence electrons. The Labute approximate surface area is 132 Å². The predicted molar refractivity (Wildman–Crippen MR) is 90.2 cm³/mol. The summed E-state index contributed by atoms with van der Waals surface area (Å²) in [6, 6.07) is 17.7. The lowest BCUT2D eigenvalue weighted by Crippen LogP contribution is -2.27. The molecule has 0 atom stereocenters. The average molecular weight is 297 g/mol. The van der Waals surface area contributed by atoms with Gasteiger partial charge in [0.15, 0.2) is 0 Å². The number of amides is 1. The Kier molecular flexibility index (Phi) is 5.21. The number of ether oxygens (including phenoxy) is 1. The molecule has 2 rings (SSSR count). The number of carbonyl (C=O) groups excluding carboxylic acids is 1. The molecule has 0 heterocycles. The minimum Gasteiger partial charge on any atom is -0.493 e. The summed E-state index contributed by atoms with van der Waals surface area (Å²) < 4.78 is 5.77. The van der Waals surface area contributed by atoms with E-state index in [1.807, 2.05) is 63.2 Å². The molecule has 0 saturated carbocycles. The molecule has 0 aliphatic carbocycles. The predicted octanol–water partition coefficient (Wildman–Crippen LogP) is 4.29. The van der Waals surface area contributed by atoms with Crippen LogP contribution in [0.3, 0.4) is 0 Å². The molecule has 0 aliphatic heterocycles. The molecule has 0 saturated heterocycles. The first kappa shape index (κ1) is 16.1. The first-order valence-corrected chi connectivity index (χ1v) is 7.53. The van der Waals surface area contributed by atoms with Crippen LogP contribution in [0.2, 0.25) is 0 Å². The Bertz CT molecular complexity index is 615. The van der Waals surface area contributed by atoms with E-state index < -0.39 is 5.41 Å². The second-order valence-corrected chi connectivity index (χ2v) is 6.32. The van der Waals surface area contributed by atoms with E-state index in [1.165, 1.54) is 5.56 Å². The molecule has 0 aromatic heterocycles. The molecule has 0 spiro atoms. The highest BCUT2D eigenvalue weighted by molar-refractivity contribution is 5.94. The molecule has 2 aromatic carbocycles. The monoisotopic (exact) mass is 297 g/mol. The van der Waals surface area contributed by atoms with Crippen LogP contribution in [0.4, 0.5) is 5.69 Å². The van der Waals surface area contributed by atoms with Gasteiger partial charge in [-0.15, -0.1) is 0 Å². The molecule has 1 amide bonds. The molecular weight excluding hydrogens is 274 g/mol. The van der Waals surface area contributed by atoms with Gasteiger partial charge in [-0.05, 0) is 17.7 Å². The summed E-state index contributed by atoms with van der Waals surface area (Å²) in [6.07, 6.45) is 0.861. The Morgan fingerprint density at radius 3 is 2.45 bits per heavy atom. The standard InChI is InChI=1S/C19H23NO2/c1-19(2,3)18(21)20-16-10-7-11-17(14-16)22-13-12-15-8-5-4-6-9-15/h4-11,14H,12-13H2,1-3H3,(H,20,21). The Morgan fingerprint density at radius 2 is 1.77 bits per heavy atom. The summed E-state index contributed by atoms with van der Waals surface area (Å²) in [5.74, 6) is 0.761. The average Bonchev–Trinajstić information content (AvgIpc) is 2.48. The van der Waals surface area contributed by atoms with Gasteiger partial charge in [-0.25, -0.2) is 0 Å². The van der Waals surface area contributed by atoms with Crippen LogP contribution < -0.4 is 10.1 Å². The third-order valence-electron chi connectivity index (χ3n) is 3.28. The quantitative estimate of drug-likeness (QED) is 0.894. The molecule has 0 bridgehead atoms. The highest BCUT2D eigenvalue weighted by atomic mass is 16.5. The van der Waals surface area contributed by atoms with Gasteiger partial charge in [-0.2, -0.15) is 0 Å². The van der Waals surface area contributed by atoms with Crippen molar-refractivity contribution in [1.82, 2.24) is 0 Å². The van der Waals surface area contributed by atoms with E-state index in [2.05, 4.69) is 17.4 Å². The van der Waals surface area contributed by atoms with Gasteiger partial charge in [0.2, 0.25) is 5.91 Å². The molecule has 3 nitrogen and oxygen atoms in total. The number of hydrogen-bond acceptors (Lipinski definition) is 2. The number of anilines is 1. The van der Waals surface area contributed by atoms with Crippen molar-refractivity contribution in [2.45, 2.75) is 27.2 Å². The van der Waals surface area contributed by atoms with Crippen LogP contribution in [0.5, 0.6) is 5.75 Å². The summed E-state index contributed by atoms with van der Waals surface area (Å²) in [4.78, 5) is 12.0. The molecule has 0 unspecified atom stereocenters. The van der Waals surface area contributed by atoms with Crippen LogP contribution in [-0.2, 0) is 11.2 Å². The zero-order chi connectivity index (χ0) is 16.0. The summed E-state index contributed by atoms with van der Waals surface area (Å²) in [7, 11) is 0. The van der Waals surface area contributed by atoms with Crippen molar-refractivity contribution in [1.29, 1.82) is 0 Å². The lowest BCUT2D eigenvalue weighted by molar-refractivity contribution is -0.123. The van der Waals surface area contributed by atoms with Crippen LogP contribution in [0, 0.1) is 5.41 Å². The van der Waals surface area contributed by atoms with E-state index in [9.17, 15) is 4.79 Å². The van der Waals surface area contributed by atoms with Crippen LogP contribution in [0.1, 0.15) is 26.3 Å². The highest BCUT2D eigenvalue weighted by Gasteiger charge is 2.21. The number of benzene rings is 2. The molecule has 2 aromatic rings. The largest absolute Gasteiger partial charge is 0.493 e. The molecule has 3 heteroatoms. The van der Waals surface area contributed by atoms with Crippen molar-refractivity contribution in [3.8, 4) is 5.75 Å². The van der Waals surface area contributed by atoms with Gasteiger partial charge in [0, 0.05) is 23.6 Å². The molecule has 1 N–H and O–H groups in total. The van der Waals surface area contributed by atoms with Crippen molar-refractivity contribution >= 4 is 11.6 Å². The van der Waals surface area contributed by atoms with Gasteiger partial charge in [0.25, 0.3) is 0 Å². The summed E-state index contributed by atoms with van der Waals surface area (Å²) in [5, 5.41) is 2.91. The van der Waals surface area contributed by atoms with Crippen LogP contribution >= 0.6 is 0 Å². The van der Waals surface area contributed by atoms with E-state index >= 15 is 0 Å². The van der Waals surface area contributed by atoms with Crippen molar-refractivity contribution in [3.63, 3.8) is 0 Å². The van der Waals surface area contributed by atoms with E-state index in [1.54, 1.807) is 0 Å². The van der Waals surface area contributed by atoms with Gasteiger partial charge in [-0.1, -0.05) is 57.2 Å². The lowest BCUT2D eigenvalue weighted by atomic mass is 9.95. The zero-order valence-corrected chi connectivity index (χ0v) is 13.4. The first-order valence-electron chi connectivity index (χ1n) is 7.53. The summed E-state index contributed by atoms with van der Waals surface area (Å²) in [5.41, 5.74) is 1.60. The van der Waals surface area contributed by atoms with E-state index in [0.29, 0.717) is 6.61 Å². The topological polar surface area (TPSA) is 38.3 Å². The fourth-order valence-corrected chi connectivity index (χ4v) is 1.91. The van der Waals surface area contributed by atoms with Crippen LogP contribution in [-0.4, -0.2) is 12.5 Å². The number of hydrogen-bond donors (Lipinski definition) is 1. The van der Waals surface area contributed by atoms with Crippen molar-refractivity contribution in [2.75, 3.05) is 11.9 Å². The molecular formula is C19H23NO2. The number of nitrogens with one attached hydrogen (secondary N) is 1. The third kappa shape index (κ3) is 4.92. The summed E-state index contributed by atoms with van der Waals surface area (Å²) in [6.45, 7) is 6.29. The lowest BCUT2D eigenvalue weighted by Gasteiger charge is -2.18. The van der Waals surface area contributed by atoms with E-state index in [-0.39, 0.29) is 5.91 Å². The second-order valence-electron chi connectivity index (χ2n) is 6.32. The molecule has 22 heavy (non-hydrogen) atoms. The third-order valence-corrected chi connectivity index (χ3v) is 3.28. The van der Waals surface area contributed by atoms with E-state index in [0.717, 1.165) is 17.9 Å². The number of carbonyl (C=O) groups is 1. The van der Waals surface area contributed by atoms with Gasteiger partial charge in [0.1, 0.15) is 5.75 Å². The minimum absolute atomic E-state index is 0.00562. The maximum Gasteiger partial charge on any atom is 0.229 e. The normalized spacial score (nSPS) is 11.0. The Morgan fingerprint density at radius 1 is 1.05 bits per heavy atom. The highest BCUT2D eigenvalue weighted by Crippen LogP contribution is 2.21. The van der Waals surface area contributed by atoms with Crippen LogP contribution in [0.15, 0.2) is 54.6 Å². The first-order chi connectivity index (χ1) is 10.4. The Balaban J connectivity index is 1.90. The zero-order valence-electron chi connectivity index (χ0n) is 13.4. The molecule has 0 aliphatic rings. The SMILES string of the molecule is CC(C)(C)C(=O)Nc1cccc(OCCc2ccccc2)c1. The van der Waals surface area contributed by atoms with Crippen molar-refractivity contribution in [2.24, 2.45) is 5.41 Å². The molecule has 0 radical (unpaired) electrons. The fourth-order valence-electron chi connectivity index (χ4n) is 1.91. The minimum atomic E-state index is -0.413. The number of rotatable bonds is 5. The van der Waals surface area contributed by atoms with Gasteiger partial charge in [0.05, 0.1) is 6.61 Å². The maximum atomic E-state index is 12.0. The van der Waals surface area contributed by atoms with Gasteiger partial charge in [-0.3, -0.25) is 4.79 Å². The molecule has 0 fully saturated rings. The van der Waals surface area contributed by atoms with Crippen LogP contribution in [0.25, 0.3) is 0 Å². The summed E-state index contributed by atoms with van der Waals surface area (Å²) >= 11 is 0.